The van der Waals surface area contributed by atoms with E-state index in [0.29, 0.717) is 34.4 Å². The molecule has 30 heavy (non-hydrogen) atoms. The zero-order valence-electron chi connectivity index (χ0n) is 20.2. The molecule has 0 unspecified atom stereocenters. The maximum Gasteiger partial charge on any atom is 0.133 e. The van der Waals surface area contributed by atoms with Crippen LogP contribution in [-0.2, 0) is 4.79 Å². The summed E-state index contributed by atoms with van der Waals surface area (Å²) in [5.74, 6) is 4.59. The Hall–Kier alpha value is -1.11. The van der Waals surface area contributed by atoms with Gasteiger partial charge in [-0.15, -0.1) is 0 Å². The predicted molar refractivity (Wildman–Crippen MR) is 127 cm³/mol. The highest BCUT2D eigenvalue weighted by Gasteiger charge is 2.57. The summed E-state index contributed by atoms with van der Waals surface area (Å²) in [6.07, 6.45) is 18.1. The Bertz CT molecular complexity index is 756. The molecule has 1 heteroatoms. The normalized spacial score (nSPS) is 42.8. The first-order valence-corrected chi connectivity index (χ1v) is 12.8. The van der Waals surface area contributed by atoms with Crippen molar-refractivity contribution in [3.05, 3.63) is 36.0 Å². The number of hydrogen-bond donors (Lipinski definition) is 0. The predicted octanol–water partition coefficient (Wildman–Crippen LogP) is 7.93. The third-order valence-corrected chi connectivity index (χ3v) is 10.3. The van der Waals surface area contributed by atoms with E-state index in [1.165, 1.54) is 31.3 Å². The van der Waals surface area contributed by atoms with E-state index < -0.39 is 0 Å². The first-order valence-electron chi connectivity index (χ1n) is 12.8. The van der Waals surface area contributed by atoms with Crippen molar-refractivity contribution < 1.29 is 4.79 Å². The van der Waals surface area contributed by atoms with E-state index in [1.807, 2.05) is 5.57 Å². The second-order valence-electron chi connectivity index (χ2n) is 11.8. The van der Waals surface area contributed by atoms with Gasteiger partial charge in [-0.2, -0.15) is 0 Å². The second kappa shape index (κ2) is 8.10. The smallest absolute Gasteiger partial charge is 0.133 e. The van der Waals surface area contributed by atoms with Crippen LogP contribution in [0.3, 0.4) is 0 Å². The van der Waals surface area contributed by atoms with Crippen molar-refractivity contribution in [2.75, 3.05) is 0 Å². The molecule has 0 bridgehead atoms. The molecule has 3 fully saturated rings. The molecular weight excluding hydrogens is 364 g/mol. The summed E-state index contributed by atoms with van der Waals surface area (Å²) >= 11 is 0. The number of allylic oxidation sites excluding steroid dienone is 5. The third-order valence-electron chi connectivity index (χ3n) is 10.3. The minimum atomic E-state index is 0.374. The summed E-state index contributed by atoms with van der Waals surface area (Å²) in [5, 5.41) is 0. The molecule has 0 saturated heterocycles. The van der Waals surface area contributed by atoms with Crippen molar-refractivity contribution >= 4 is 5.78 Å². The molecule has 0 N–H and O–H groups in total. The quantitative estimate of drug-likeness (QED) is 0.422. The minimum Gasteiger partial charge on any atom is -0.300 e. The van der Waals surface area contributed by atoms with Crippen LogP contribution in [-0.4, -0.2) is 5.78 Å². The molecule has 0 heterocycles. The molecule has 4 rings (SSSR count). The lowest BCUT2D eigenvalue weighted by molar-refractivity contribution is -0.127. The Morgan fingerprint density at radius 3 is 2.60 bits per heavy atom. The molecule has 166 valence electrons. The monoisotopic (exact) mass is 408 g/mol. The van der Waals surface area contributed by atoms with E-state index in [9.17, 15) is 4.79 Å². The highest BCUT2D eigenvalue weighted by molar-refractivity contribution is 5.79. The van der Waals surface area contributed by atoms with Crippen LogP contribution in [0.15, 0.2) is 36.0 Å². The van der Waals surface area contributed by atoms with Crippen LogP contribution in [0.2, 0.25) is 0 Å². The molecule has 4 aliphatic carbocycles. The van der Waals surface area contributed by atoms with Crippen molar-refractivity contribution in [1.29, 1.82) is 0 Å². The number of fused-ring (bicyclic) bond motifs is 5. The number of Topliss-reactive ketones (excluding diaryl/α,β-unsaturated/α-hetero) is 1. The van der Waals surface area contributed by atoms with Crippen molar-refractivity contribution in [3.63, 3.8) is 0 Å². The summed E-state index contributed by atoms with van der Waals surface area (Å²) in [4.78, 5) is 12.1. The van der Waals surface area contributed by atoms with Gasteiger partial charge < -0.3 is 0 Å². The first-order chi connectivity index (χ1) is 14.2. The summed E-state index contributed by atoms with van der Waals surface area (Å²) in [6, 6.07) is 0. The van der Waals surface area contributed by atoms with Crippen LogP contribution < -0.4 is 0 Å². The van der Waals surface area contributed by atoms with Gasteiger partial charge in [-0.05, 0) is 98.2 Å². The summed E-state index contributed by atoms with van der Waals surface area (Å²) in [7, 11) is 0. The Morgan fingerprint density at radius 2 is 1.90 bits per heavy atom. The van der Waals surface area contributed by atoms with E-state index in [0.717, 1.165) is 49.9 Å². The zero-order chi connectivity index (χ0) is 21.7. The standard InChI is InChI=1S/C29H44O/c1-7-21(19(2)3)9-8-20(4)25-12-13-26-24-11-10-22-18-23(30)14-16-28(22,5)27(24)15-17-29(25,26)6/h8-9,11,20-22,25-27H,2,7,10,12-18H2,1,3-6H3/b9-8+/t20-,21-,22+,25-,26+,27+,28+,29-/m1/s1. The molecular formula is C29H44O. The molecule has 0 amide bonds. The second-order valence-corrected chi connectivity index (χ2v) is 11.8. The Morgan fingerprint density at radius 1 is 1.17 bits per heavy atom. The highest BCUT2D eigenvalue weighted by Crippen LogP contribution is 2.66. The molecule has 0 aromatic rings. The number of hydrogen-bond acceptors (Lipinski definition) is 1. The van der Waals surface area contributed by atoms with E-state index in [-0.39, 0.29) is 0 Å². The maximum atomic E-state index is 12.1. The van der Waals surface area contributed by atoms with Gasteiger partial charge in [0.2, 0.25) is 0 Å². The maximum absolute atomic E-state index is 12.1. The van der Waals surface area contributed by atoms with E-state index in [4.69, 9.17) is 0 Å². The number of carbonyl (C=O) groups is 1. The SMILES string of the molecule is C=C(C)[C@@H](/C=C/[C@@H](C)[C@H]1CC[C@H]2C3=CC[C@H]4CC(=O)CC[C@]4(C)[C@H]3CC[C@]12C)CC. The van der Waals surface area contributed by atoms with Gasteiger partial charge in [-0.3, -0.25) is 4.79 Å². The molecule has 3 saturated carbocycles. The summed E-state index contributed by atoms with van der Waals surface area (Å²) < 4.78 is 0. The lowest BCUT2D eigenvalue weighted by Gasteiger charge is -2.57. The van der Waals surface area contributed by atoms with Crippen molar-refractivity contribution in [1.82, 2.24) is 0 Å². The molecule has 0 spiro atoms. The van der Waals surface area contributed by atoms with Gasteiger partial charge in [-0.25, -0.2) is 0 Å². The topological polar surface area (TPSA) is 17.1 Å². The van der Waals surface area contributed by atoms with Crippen LogP contribution in [0.25, 0.3) is 0 Å². The van der Waals surface area contributed by atoms with Crippen LogP contribution in [0.4, 0.5) is 0 Å². The Labute approximate surface area is 185 Å². The first kappa shape index (κ1) is 22.1. The number of rotatable bonds is 5. The van der Waals surface area contributed by atoms with Crippen molar-refractivity contribution in [2.45, 2.75) is 92.4 Å². The van der Waals surface area contributed by atoms with Crippen molar-refractivity contribution in [2.24, 2.45) is 46.3 Å². The van der Waals surface area contributed by atoms with E-state index in [2.05, 4.69) is 59.4 Å². The average molecular weight is 409 g/mol. The fourth-order valence-corrected chi connectivity index (χ4v) is 8.30. The van der Waals surface area contributed by atoms with Gasteiger partial charge in [0, 0.05) is 12.8 Å². The summed E-state index contributed by atoms with van der Waals surface area (Å²) in [6.45, 7) is 16.2. The van der Waals surface area contributed by atoms with Gasteiger partial charge in [-0.1, -0.05) is 63.6 Å². The van der Waals surface area contributed by atoms with E-state index >= 15 is 0 Å². The molecule has 0 aromatic carbocycles. The van der Waals surface area contributed by atoms with E-state index in [1.54, 1.807) is 0 Å². The average Bonchev–Trinajstić information content (AvgIpc) is 3.06. The highest BCUT2D eigenvalue weighted by atomic mass is 16.1. The largest absolute Gasteiger partial charge is 0.300 e. The third kappa shape index (κ3) is 3.49. The fourth-order valence-electron chi connectivity index (χ4n) is 8.30. The zero-order valence-corrected chi connectivity index (χ0v) is 20.2. The summed E-state index contributed by atoms with van der Waals surface area (Å²) in [5.41, 5.74) is 3.92. The Balaban J connectivity index is 1.54. The fraction of sp³-hybridized carbons (Fsp3) is 0.759. The lowest BCUT2D eigenvalue weighted by atomic mass is 9.48. The molecule has 4 aliphatic rings. The molecule has 1 nitrogen and oxygen atoms in total. The molecule has 0 aromatic heterocycles. The van der Waals surface area contributed by atoms with Crippen LogP contribution in [0.1, 0.15) is 92.4 Å². The number of carbonyl (C=O) groups excluding carboxylic acids is 1. The van der Waals surface area contributed by atoms with Gasteiger partial charge in [0.15, 0.2) is 0 Å². The van der Waals surface area contributed by atoms with Gasteiger partial charge in [0.1, 0.15) is 5.78 Å². The Kier molecular flexibility index (Phi) is 5.97. The lowest BCUT2D eigenvalue weighted by Crippen LogP contribution is -2.49. The molecule has 8 atom stereocenters. The van der Waals surface area contributed by atoms with Crippen molar-refractivity contribution in [3.8, 4) is 0 Å². The minimum absolute atomic E-state index is 0.374. The van der Waals surface area contributed by atoms with Crippen LogP contribution in [0, 0.1) is 46.3 Å². The van der Waals surface area contributed by atoms with Gasteiger partial charge in [0.25, 0.3) is 0 Å². The van der Waals surface area contributed by atoms with Gasteiger partial charge in [0.05, 0.1) is 0 Å². The van der Waals surface area contributed by atoms with Crippen LogP contribution in [0.5, 0.6) is 0 Å². The van der Waals surface area contributed by atoms with Crippen LogP contribution >= 0.6 is 0 Å². The number of ketones is 1. The molecule has 0 aliphatic heterocycles. The molecule has 0 radical (unpaired) electrons. The van der Waals surface area contributed by atoms with Gasteiger partial charge >= 0.3 is 0 Å².